The molecule has 2 heterocycles. The molecule has 0 saturated carbocycles. The van der Waals surface area contributed by atoms with Crippen LogP contribution in [0, 0.1) is 0 Å². The molecule has 1 unspecified atom stereocenters. The van der Waals surface area contributed by atoms with Crippen molar-refractivity contribution in [1.82, 2.24) is 24.6 Å². The Morgan fingerprint density at radius 1 is 1.25 bits per heavy atom. The molecule has 0 saturated heterocycles. The van der Waals surface area contributed by atoms with Crippen LogP contribution in [0.1, 0.15) is 30.2 Å². The number of aryl methyl sites for hydroxylation is 1. The summed E-state index contributed by atoms with van der Waals surface area (Å²) in [6, 6.07) is 9.20. The average Bonchev–Trinajstić information content (AvgIpc) is 3.29. The fourth-order valence-corrected chi connectivity index (χ4v) is 3.49. The lowest BCUT2D eigenvalue weighted by Gasteiger charge is -2.24. The van der Waals surface area contributed by atoms with Crippen molar-refractivity contribution in [1.29, 1.82) is 0 Å². The van der Waals surface area contributed by atoms with Crippen molar-refractivity contribution in [2.24, 2.45) is 0 Å². The van der Waals surface area contributed by atoms with E-state index in [1.54, 1.807) is 6.20 Å². The van der Waals surface area contributed by atoms with Crippen molar-refractivity contribution in [3.8, 4) is 5.69 Å². The van der Waals surface area contributed by atoms with Gasteiger partial charge in [0.1, 0.15) is 0 Å². The summed E-state index contributed by atoms with van der Waals surface area (Å²) in [7, 11) is 0. The van der Waals surface area contributed by atoms with Gasteiger partial charge in [-0.05, 0) is 49.4 Å². The Balaban J connectivity index is 1.36. The van der Waals surface area contributed by atoms with Gasteiger partial charge in [-0.15, -0.1) is 0 Å². The van der Waals surface area contributed by atoms with Gasteiger partial charge in [-0.25, -0.2) is 4.98 Å². The fraction of sp³-hybridized carbons (Fsp3) is 0.368. The third-order valence-corrected chi connectivity index (χ3v) is 4.86. The average molecular weight is 321 g/mol. The number of nitrogens with zero attached hydrogens (tertiary/aromatic N) is 4. The molecule has 5 nitrogen and oxygen atoms in total. The number of benzene rings is 1. The van der Waals surface area contributed by atoms with E-state index in [2.05, 4.69) is 51.3 Å². The van der Waals surface area contributed by atoms with E-state index in [0.29, 0.717) is 6.04 Å². The van der Waals surface area contributed by atoms with Crippen LogP contribution in [0.4, 0.5) is 0 Å². The standard InChI is InChI=1S/C19H23N5/c1-2-24-19-8-5-17(11-16(19)13-22-24)21-12-15-3-6-18(7-4-15)23-10-9-20-14-23/h3-4,6-7,9-10,13-14,17,21H,2,5,8,11-12H2,1H3. The summed E-state index contributed by atoms with van der Waals surface area (Å²) >= 11 is 0. The molecule has 0 fully saturated rings. The summed E-state index contributed by atoms with van der Waals surface area (Å²) in [5.74, 6) is 0. The maximum atomic E-state index is 4.48. The van der Waals surface area contributed by atoms with Crippen LogP contribution in [0.3, 0.4) is 0 Å². The highest BCUT2D eigenvalue weighted by Crippen LogP contribution is 2.21. The van der Waals surface area contributed by atoms with Gasteiger partial charge in [-0.2, -0.15) is 5.10 Å². The predicted octanol–water partition coefficient (Wildman–Crippen LogP) is 2.74. The molecule has 1 aliphatic carbocycles. The van der Waals surface area contributed by atoms with Crippen LogP contribution in [0.15, 0.2) is 49.2 Å². The summed E-state index contributed by atoms with van der Waals surface area (Å²) in [6.45, 7) is 4.04. The zero-order chi connectivity index (χ0) is 16.4. The third-order valence-electron chi connectivity index (χ3n) is 4.86. The largest absolute Gasteiger partial charge is 0.310 e. The van der Waals surface area contributed by atoms with Crippen molar-refractivity contribution in [3.63, 3.8) is 0 Å². The van der Waals surface area contributed by atoms with Gasteiger partial charge in [-0.1, -0.05) is 12.1 Å². The van der Waals surface area contributed by atoms with Crippen LogP contribution in [0.5, 0.6) is 0 Å². The van der Waals surface area contributed by atoms with Gasteiger partial charge in [0.25, 0.3) is 0 Å². The molecule has 2 aromatic heterocycles. The molecular weight excluding hydrogens is 298 g/mol. The number of fused-ring (bicyclic) bond motifs is 1. The number of nitrogens with one attached hydrogen (secondary N) is 1. The normalized spacial score (nSPS) is 17.0. The van der Waals surface area contributed by atoms with E-state index >= 15 is 0 Å². The molecule has 3 aromatic rings. The molecule has 4 rings (SSSR count). The summed E-state index contributed by atoms with van der Waals surface area (Å²) < 4.78 is 4.16. The van der Waals surface area contributed by atoms with Crippen molar-refractivity contribution < 1.29 is 0 Å². The SMILES string of the molecule is CCn1ncc2c1CCC(NCc1ccc(-n3ccnc3)cc1)C2. The molecule has 1 aliphatic rings. The summed E-state index contributed by atoms with van der Waals surface area (Å²) in [4.78, 5) is 4.09. The van der Waals surface area contributed by atoms with E-state index in [9.17, 15) is 0 Å². The van der Waals surface area contributed by atoms with Gasteiger partial charge >= 0.3 is 0 Å². The van der Waals surface area contributed by atoms with E-state index < -0.39 is 0 Å². The third kappa shape index (κ3) is 2.99. The number of aromatic nitrogens is 4. The maximum Gasteiger partial charge on any atom is 0.0991 e. The van der Waals surface area contributed by atoms with E-state index in [1.807, 2.05) is 23.3 Å². The summed E-state index contributed by atoms with van der Waals surface area (Å²) in [6.07, 6.45) is 11.0. The topological polar surface area (TPSA) is 47.7 Å². The molecule has 1 atom stereocenters. The molecule has 0 bridgehead atoms. The molecule has 0 aliphatic heterocycles. The van der Waals surface area contributed by atoms with Crippen molar-refractivity contribution >= 4 is 0 Å². The minimum atomic E-state index is 0.542. The first-order valence-corrected chi connectivity index (χ1v) is 8.67. The Morgan fingerprint density at radius 2 is 2.12 bits per heavy atom. The molecular formula is C19H23N5. The zero-order valence-electron chi connectivity index (χ0n) is 14.0. The highest BCUT2D eigenvalue weighted by Gasteiger charge is 2.21. The molecule has 1 aromatic carbocycles. The zero-order valence-corrected chi connectivity index (χ0v) is 14.0. The Bertz CT molecular complexity index is 786. The fourth-order valence-electron chi connectivity index (χ4n) is 3.49. The van der Waals surface area contributed by atoms with Crippen molar-refractivity contribution in [2.45, 2.75) is 45.3 Å². The second-order valence-electron chi connectivity index (χ2n) is 6.39. The van der Waals surface area contributed by atoms with Crippen LogP contribution in [0.25, 0.3) is 5.69 Å². The first-order chi connectivity index (χ1) is 11.8. The Morgan fingerprint density at radius 3 is 2.88 bits per heavy atom. The maximum absolute atomic E-state index is 4.48. The smallest absolute Gasteiger partial charge is 0.0991 e. The molecule has 124 valence electrons. The Labute approximate surface area is 142 Å². The van der Waals surface area contributed by atoms with Gasteiger partial charge in [0.15, 0.2) is 0 Å². The van der Waals surface area contributed by atoms with E-state index in [1.165, 1.54) is 23.2 Å². The van der Waals surface area contributed by atoms with Crippen LogP contribution in [-0.4, -0.2) is 25.4 Å². The number of imidazole rings is 1. The molecule has 1 N–H and O–H groups in total. The Hall–Kier alpha value is -2.40. The lowest BCUT2D eigenvalue weighted by molar-refractivity contribution is 0.445. The molecule has 24 heavy (non-hydrogen) atoms. The number of rotatable bonds is 5. The highest BCUT2D eigenvalue weighted by molar-refractivity contribution is 5.34. The van der Waals surface area contributed by atoms with E-state index in [-0.39, 0.29) is 0 Å². The van der Waals surface area contributed by atoms with Crippen molar-refractivity contribution in [3.05, 3.63) is 66.0 Å². The quantitative estimate of drug-likeness (QED) is 0.786. The monoisotopic (exact) mass is 321 g/mol. The van der Waals surface area contributed by atoms with Gasteiger partial charge in [0.2, 0.25) is 0 Å². The number of hydrogen-bond acceptors (Lipinski definition) is 3. The first kappa shape index (κ1) is 15.1. The van der Waals surface area contributed by atoms with Crippen LogP contribution in [-0.2, 0) is 25.9 Å². The summed E-state index contributed by atoms with van der Waals surface area (Å²) in [5.41, 5.74) is 5.30. The predicted molar refractivity (Wildman–Crippen MR) is 94.1 cm³/mol. The molecule has 0 radical (unpaired) electrons. The van der Waals surface area contributed by atoms with Crippen LogP contribution in [0.2, 0.25) is 0 Å². The molecule has 5 heteroatoms. The molecule has 0 amide bonds. The van der Waals surface area contributed by atoms with Gasteiger partial charge in [-0.3, -0.25) is 4.68 Å². The minimum absolute atomic E-state index is 0.542. The van der Waals surface area contributed by atoms with Gasteiger partial charge in [0.05, 0.1) is 12.5 Å². The lowest BCUT2D eigenvalue weighted by atomic mass is 9.93. The van der Waals surface area contributed by atoms with Crippen molar-refractivity contribution in [2.75, 3.05) is 0 Å². The number of hydrogen-bond donors (Lipinski definition) is 1. The van der Waals surface area contributed by atoms with Gasteiger partial charge < -0.3 is 9.88 Å². The van der Waals surface area contributed by atoms with Gasteiger partial charge in [0, 0.05) is 42.9 Å². The summed E-state index contributed by atoms with van der Waals surface area (Å²) in [5, 5.41) is 8.19. The lowest BCUT2D eigenvalue weighted by Crippen LogP contribution is -2.34. The minimum Gasteiger partial charge on any atom is -0.310 e. The van der Waals surface area contributed by atoms with Crippen LogP contribution < -0.4 is 5.32 Å². The van der Waals surface area contributed by atoms with E-state index in [4.69, 9.17) is 0 Å². The van der Waals surface area contributed by atoms with Crippen LogP contribution >= 0.6 is 0 Å². The molecule has 0 spiro atoms. The highest BCUT2D eigenvalue weighted by atomic mass is 15.3. The Kier molecular flexibility index (Phi) is 4.17. The first-order valence-electron chi connectivity index (χ1n) is 8.67. The second kappa shape index (κ2) is 6.61. The second-order valence-corrected chi connectivity index (χ2v) is 6.39. The van der Waals surface area contributed by atoms with E-state index in [0.717, 1.165) is 31.6 Å².